The summed E-state index contributed by atoms with van der Waals surface area (Å²) in [7, 11) is 2.94. The van der Waals surface area contributed by atoms with Crippen LogP contribution >= 0.6 is 0 Å². The highest BCUT2D eigenvalue weighted by molar-refractivity contribution is 6.00. The molecule has 0 bridgehead atoms. The first-order chi connectivity index (χ1) is 14.1. The summed E-state index contributed by atoms with van der Waals surface area (Å²) in [6.07, 6.45) is 2.46. The molecule has 0 aliphatic heterocycles. The van der Waals surface area contributed by atoms with Crippen LogP contribution in [-0.2, 0) is 9.53 Å². The molecule has 29 heavy (non-hydrogen) atoms. The molecule has 7 nitrogen and oxygen atoms in total. The number of ether oxygens (including phenoxy) is 2. The number of amides is 1. The molecule has 0 aliphatic carbocycles. The molecule has 1 N–H and O–H groups in total. The van der Waals surface area contributed by atoms with Crippen molar-refractivity contribution in [1.29, 1.82) is 0 Å². The molecule has 0 atom stereocenters. The molecule has 1 heterocycles. The Balaban J connectivity index is 1.88. The van der Waals surface area contributed by atoms with E-state index in [1.165, 1.54) is 7.11 Å². The maximum absolute atomic E-state index is 12.8. The van der Waals surface area contributed by atoms with Crippen molar-refractivity contribution in [2.45, 2.75) is 12.8 Å². The van der Waals surface area contributed by atoms with Gasteiger partial charge in [0.25, 0.3) is 5.91 Å². The zero-order valence-electron chi connectivity index (χ0n) is 16.4. The van der Waals surface area contributed by atoms with Crippen molar-refractivity contribution in [2.75, 3.05) is 20.8 Å². The van der Waals surface area contributed by atoms with Crippen LogP contribution in [-0.4, -0.2) is 42.4 Å². The molecule has 2 aromatic carbocycles. The van der Waals surface area contributed by atoms with Gasteiger partial charge in [-0.3, -0.25) is 9.59 Å². The lowest BCUT2D eigenvalue weighted by molar-refractivity contribution is -0.140. The highest BCUT2D eigenvalue weighted by Crippen LogP contribution is 2.27. The summed E-state index contributed by atoms with van der Waals surface area (Å²) >= 11 is 0. The van der Waals surface area contributed by atoms with E-state index in [9.17, 15) is 9.59 Å². The lowest BCUT2D eigenvalue weighted by Crippen LogP contribution is -2.25. The van der Waals surface area contributed by atoms with E-state index in [2.05, 4.69) is 15.2 Å². The largest absolute Gasteiger partial charge is 0.497 e. The van der Waals surface area contributed by atoms with Crippen molar-refractivity contribution in [3.05, 3.63) is 66.4 Å². The predicted octanol–water partition coefficient (Wildman–Crippen LogP) is 3.23. The smallest absolute Gasteiger partial charge is 0.305 e. The molecule has 0 radical (unpaired) electrons. The molecule has 150 valence electrons. The molecular weight excluding hydrogens is 370 g/mol. The first-order valence-electron chi connectivity index (χ1n) is 9.27. The maximum Gasteiger partial charge on any atom is 0.305 e. The summed E-state index contributed by atoms with van der Waals surface area (Å²) in [5.41, 5.74) is 2.62. The minimum absolute atomic E-state index is 0.253. The summed E-state index contributed by atoms with van der Waals surface area (Å²) in [6.45, 7) is 0.363. The number of rotatable bonds is 8. The van der Waals surface area contributed by atoms with Crippen LogP contribution in [0.5, 0.6) is 5.75 Å². The molecule has 0 saturated heterocycles. The Morgan fingerprint density at radius 3 is 2.59 bits per heavy atom. The molecule has 3 aromatic rings. The fourth-order valence-electron chi connectivity index (χ4n) is 2.87. The van der Waals surface area contributed by atoms with Crippen molar-refractivity contribution < 1.29 is 19.1 Å². The Hall–Kier alpha value is -3.61. The highest BCUT2D eigenvalue weighted by Gasteiger charge is 2.19. The van der Waals surface area contributed by atoms with Gasteiger partial charge < -0.3 is 14.8 Å². The van der Waals surface area contributed by atoms with E-state index >= 15 is 0 Å². The third-order valence-electron chi connectivity index (χ3n) is 4.39. The van der Waals surface area contributed by atoms with Gasteiger partial charge in [-0.05, 0) is 30.7 Å². The van der Waals surface area contributed by atoms with E-state index in [0.717, 1.165) is 11.3 Å². The fourth-order valence-corrected chi connectivity index (χ4v) is 2.87. The Morgan fingerprint density at radius 1 is 1.07 bits per heavy atom. The van der Waals surface area contributed by atoms with E-state index in [4.69, 9.17) is 4.74 Å². The van der Waals surface area contributed by atoms with Crippen LogP contribution in [0.1, 0.15) is 23.2 Å². The molecule has 0 spiro atoms. The zero-order valence-corrected chi connectivity index (χ0v) is 16.4. The minimum Gasteiger partial charge on any atom is -0.497 e. The number of aromatic nitrogens is 2. The SMILES string of the molecule is COC(=O)CCCNC(=O)c1cn(-c2ccccc2)nc1-c1cccc(OC)c1. The predicted molar refractivity (Wildman–Crippen MR) is 109 cm³/mol. The Bertz CT molecular complexity index is 983. The van der Waals surface area contributed by atoms with Crippen LogP contribution in [0.15, 0.2) is 60.8 Å². The number of hydrogen-bond acceptors (Lipinski definition) is 5. The molecule has 0 saturated carbocycles. The van der Waals surface area contributed by atoms with Gasteiger partial charge in [0.2, 0.25) is 0 Å². The van der Waals surface area contributed by atoms with Crippen LogP contribution in [0.25, 0.3) is 16.9 Å². The second-order valence-electron chi connectivity index (χ2n) is 6.34. The second-order valence-corrected chi connectivity index (χ2v) is 6.34. The van der Waals surface area contributed by atoms with Gasteiger partial charge in [0.15, 0.2) is 0 Å². The summed E-state index contributed by atoms with van der Waals surface area (Å²) in [5, 5.41) is 7.49. The summed E-state index contributed by atoms with van der Waals surface area (Å²) in [6, 6.07) is 17.0. The Kier molecular flexibility index (Phi) is 6.63. The lowest BCUT2D eigenvalue weighted by atomic mass is 10.1. The van der Waals surface area contributed by atoms with Crippen molar-refractivity contribution >= 4 is 11.9 Å². The number of carbonyl (C=O) groups excluding carboxylic acids is 2. The van der Waals surface area contributed by atoms with Crippen LogP contribution in [0.2, 0.25) is 0 Å². The number of benzene rings is 2. The van der Waals surface area contributed by atoms with Crippen molar-refractivity contribution in [2.24, 2.45) is 0 Å². The van der Waals surface area contributed by atoms with Gasteiger partial charge in [-0.15, -0.1) is 0 Å². The number of para-hydroxylation sites is 1. The quantitative estimate of drug-likeness (QED) is 0.469. The number of hydrogen-bond donors (Lipinski definition) is 1. The standard InChI is InChI=1S/C22H23N3O4/c1-28-18-11-6-8-16(14-18)21-19(22(27)23-13-7-12-20(26)29-2)15-25(24-21)17-9-4-3-5-10-17/h3-6,8-11,14-15H,7,12-13H2,1-2H3,(H,23,27). The molecule has 0 unspecified atom stereocenters. The van der Waals surface area contributed by atoms with Crippen molar-refractivity contribution in [3.8, 4) is 22.7 Å². The van der Waals surface area contributed by atoms with Crippen LogP contribution in [0, 0.1) is 0 Å². The van der Waals surface area contributed by atoms with Gasteiger partial charge in [0.05, 0.1) is 25.5 Å². The van der Waals surface area contributed by atoms with Gasteiger partial charge in [-0.2, -0.15) is 5.10 Å². The molecule has 7 heteroatoms. The Labute approximate surface area is 169 Å². The molecular formula is C22H23N3O4. The number of nitrogens with zero attached hydrogens (tertiary/aromatic N) is 2. The van der Waals surface area contributed by atoms with Crippen molar-refractivity contribution in [3.63, 3.8) is 0 Å². The number of methoxy groups -OCH3 is 2. The molecule has 0 fully saturated rings. The van der Waals surface area contributed by atoms with Gasteiger partial charge >= 0.3 is 5.97 Å². The Morgan fingerprint density at radius 2 is 1.86 bits per heavy atom. The van der Waals surface area contributed by atoms with E-state index < -0.39 is 0 Å². The van der Waals surface area contributed by atoms with E-state index in [1.807, 2.05) is 54.6 Å². The molecule has 1 amide bonds. The first-order valence-corrected chi connectivity index (χ1v) is 9.27. The zero-order chi connectivity index (χ0) is 20.6. The minimum atomic E-state index is -0.298. The summed E-state index contributed by atoms with van der Waals surface area (Å²) in [4.78, 5) is 24.1. The summed E-state index contributed by atoms with van der Waals surface area (Å²) in [5.74, 6) is 0.129. The van der Waals surface area contributed by atoms with E-state index in [-0.39, 0.29) is 18.3 Å². The first kappa shape index (κ1) is 20.1. The van der Waals surface area contributed by atoms with Gasteiger partial charge in [-0.25, -0.2) is 4.68 Å². The van der Waals surface area contributed by atoms with E-state index in [1.54, 1.807) is 18.0 Å². The van der Waals surface area contributed by atoms with Gasteiger partial charge in [-0.1, -0.05) is 30.3 Å². The van der Waals surface area contributed by atoms with Crippen molar-refractivity contribution in [1.82, 2.24) is 15.1 Å². The average molecular weight is 393 g/mol. The number of carbonyl (C=O) groups is 2. The molecule has 0 aliphatic rings. The van der Waals surface area contributed by atoms with E-state index in [0.29, 0.717) is 30.0 Å². The van der Waals surface area contributed by atoms with Crippen LogP contribution < -0.4 is 10.1 Å². The normalized spacial score (nSPS) is 10.4. The number of esters is 1. The number of nitrogens with one attached hydrogen (secondary N) is 1. The topological polar surface area (TPSA) is 82.5 Å². The fraction of sp³-hybridized carbons (Fsp3) is 0.227. The van der Waals surface area contributed by atoms with Gasteiger partial charge in [0.1, 0.15) is 11.4 Å². The third kappa shape index (κ3) is 5.01. The third-order valence-corrected chi connectivity index (χ3v) is 4.39. The van der Waals surface area contributed by atoms with Crippen LogP contribution in [0.4, 0.5) is 0 Å². The highest BCUT2D eigenvalue weighted by atomic mass is 16.5. The lowest BCUT2D eigenvalue weighted by Gasteiger charge is -2.06. The molecule has 3 rings (SSSR count). The second kappa shape index (κ2) is 9.54. The maximum atomic E-state index is 12.8. The monoisotopic (exact) mass is 393 g/mol. The van der Waals surface area contributed by atoms with Crippen LogP contribution in [0.3, 0.4) is 0 Å². The summed E-state index contributed by atoms with van der Waals surface area (Å²) < 4.78 is 11.6. The molecule has 1 aromatic heterocycles. The van der Waals surface area contributed by atoms with Gasteiger partial charge in [0, 0.05) is 24.7 Å². The average Bonchev–Trinajstić information content (AvgIpc) is 3.22.